The number of esters is 1. The van der Waals surface area contributed by atoms with Crippen molar-refractivity contribution in [2.45, 2.75) is 37.7 Å². The summed E-state index contributed by atoms with van der Waals surface area (Å²) >= 11 is 7.49. The molecule has 0 bridgehead atoms. The summed E-state index contributed by atoms with van der Waals surface area (Å²) in [4.78, 5) is 24.3. The maximum atomic E-state index is 12.2. The van der Waals surface area contributed by atoms with Gasteiger partial charge in [0.2, 0.25) is 0 Å². The lowest BCUT2D eigenvalue weighted by molar-refractivity contribution is -0.137. The smallest absolute Gasteiger partial charge is 0.407 e. The predicted octanol–water partition coefficient (Wildman–Crippen LogP) is 6.09. The van der Waals surface area contributed by atoms with Crippen LogP contribution in [0.25, 0.3) is 0 Å². The van der Waals surface area contributed by atoms with Crippen LogP contribution >= 0.6 is 23.4 Å². The van der Waals surface area contributed by atoms with Crippen LogP contribution in [0.2, 0.25) is 5.02 Å². The van der Waals surface area contributed by atoms with Crippen LogP contribution in [0.15, 0.2) is 66.1 Å². The Morgan fingerprint density at radius 2 is 1.76 bits per heavy atom. The minimum Gasteiger partial charge on any atom is -0.490 e. The third-order valence-electron chi connectivity index (χ3n) is 5.15. The van der Waals surface area contributed by atoms with Gasteiger partial charge in [0.1, 0.15) is 25.1 Å². The van der Waals surface area contributed by atoms with Crippen LogP contribution in [0.5, 0.6) is 5.75 Å². The van der Waals surface area contributed by atoms with Crippen molar-refractivity contribution in [3.63, 3.8) is 0 Å². The van der Waals surface area contributed by atoms with Crippen LogP contribution in [-0.4, -0.2) is 43.7 Å². The molecule has 2 aromatic rings. The molecule has 0 aliphatic carbocycles. The highest BCUT2D eigenvalue weighted by Crippen LogP contribution is 2.26. The Bertz CT molecular complexity index is 918. The van der Waals surface area contributed by atoms with Gasteiger partial charge in [-0.25, -0.2) is 9.59 Å². The van der Waals surface area contributed by atoms with Crippen LogP contribution < -0.4 is 10.1 Å². The summed E-state index contributed by atoms with van der Waals surface area (Å²) in [5.41, 5.74) is 1.25. The molecule has 184 valence electrons. The lowest BCUT2D eigenvalue weighted by Crippen LogP contribution is -2.35. The Hall–Kier alpha value is -2.64. The molecule has 1 amide bonds. The highest BCUT2D eigenvalue weighted by atomic mass is 35.5. The Morgan fingerprint density at radius 3 is 2.38 bits per heavy atom. The average molecular weight is 506 g/mol. The molecule has 2 aromatic carbocycles. The third-order valence-corrected chi connectivity index (χ3v) is 6.54. The molecule has 2 rings (SSSR count). The van der Waals surface area contributed by atoms with Crippen molar-refractivity contribution in [1.29, 1.82) is 0 Å². The van der Waals surface area contributed by atoms with Gasteiger partial charge in [0, 0.05) is 21.7 Å². The molecule has 8 heteroatoms. The average Bonchev–Trinajstić information content (AvgIpc) is 2.84. The van der Waals surface area contributed by atoms with Gasteiger partial charge in [-0.2, -0.15) is 0 Å². The van der Waals surface area contributed by atoms with Crippen molar-refractivity contribution in [2.75, 3.05) is 25.5 Å². The summed E-state index contributed by atoms with van der Waals surface area (Å²) in [7, 11) is 0. The van der Waals surface area contributed by atoms with Crippen molar-refractivity contribution < 1.29 is 23.8 Å². The molecule has 0 saturated carbocycles. The van der Waals surface area contributed by atoms with Gasteiger partial charge in [0.15, 0.2) is 0 Å². The Labute approximate surface area is 211 Å². The Balaban J connectivity index is 1.92. The van der Waals surface area contributed by atoms with Crippen molar-refractivity contribution in [2.24, 2.45) is 5.92 Å². The first-order valence-electron chi connectivity index (χ1n) is 11.1. The molecule has 0 spiro atoms. The summed E-state index contributed by atoms with van der Waals surface area (Å²) in [6.07, 6.45) is -0.0536. The monoisotopic (exact) mass is 505 g/mol. The molecule has 0 radical (unpaired) electrons. The third kappa shape index (κ3) is 10.1. The van der Waals surface area contributed by atoms with E-state index in [1.807, 2.05) is 36.4 Å². The fourth-order valence-electron chi connectivity index (χ4n) is 2.83. The zero-order valence-electron chi connectivity index (χ0n) is 19.8. The van der Waals surface area contributed by atoms with Crippen LogP contribution in [0.1, 0.15) is 32.3 Å². The number of ether oxygens (including phenoxy) is 3. The van der Waals surface area contributed by atoms with E-state index in [0.717, 1.165) is 11.0 Å². The number of rotatable bonds is 13. The Kier molecular flexibility index (Phi) is 11.8. The summed E-state index contributed by atoms with van der Waals surface area (Å²) in [6.45, 7) is 10.3. The molecule has 0 aromatic heterocycles. The van der Waals surface area contributed by atoms with Crippen molar-refractivity contribution in [3.8, 4) is 5.75 Å². The second-order valence-electron chi connectivity index (χ2n) is 8.00. The first-order valence-corrected chi connectivity index (χ1v) is 12.5. The lowest BCUT2D eigenvalue weighted by atomic mass is 9.90. The van der Waals surface area contributed by atoms with Gasteiger partial charge in [-0.1, -0.05) is 51.1 Å². The normalized spacial score (nSPS) is 12.5. The maximum absolute atomic E-state index is 12.2. The zero-order valence-corrected chi connectivity index (χ0v) is 21.4. The SMILES string of the molecule is C=CC(=O)OCCNC(=O)OC(COc1ccc(C(C)C(C)C)cc1)CSc1ccc(Cl)cc1. The van der Waals surface area contributed by atoms with E-state index in [1.54, 1.807) is 0 Å². The fourth-order valence-corrected chi connectivity index (χ4v) is 3.83. The molecule has 2 unspecified atom stereocenters. The molecule has 1 N–H and O–H groups in total. The van der Waals surface area contributed by atoms with E-state index in [2.05, 4.69) is 44.8 Å². The number of carbonyl (C=O) groups excluding carboxylic acids is 2. The fraction of sp³-hybridized carbons (Fsp3) is 0.385. The van der Waals surface area contributed by atoms with Gasteiger partial charge in [-0.05, 0) is 53.8 Å². The number of carbonyl (C=O) groups is 2. The molecule has 0 aliphatic heterocycles. The largest absolute Gasteiger partial charge is 0.490 e. The summed E-state index contributed by atoms with van der Waals surface area (Å²) in [6, 6.07) is 15.4. The lowest BCUT2D eigenvalue weighted by Gasteiger charge is -2.20. The highest BCUT2D eigenvalue weighted by molar-refractivity contribution is 7.99. The van der Waals surface area contributed by atoms with Crippen LogP contribution in [0, 0.1) is 5.92 Å². The predicted molar refractivity (Wildman–Crippen MR) is 137 cm³/mol. The summed E-state index contributed by atoms with van der Waals surface area (Å²) in [5, 5.41) is 3.23. The summed E-state index contributed by atoms with van der Waals surface area (Å²) < 4.78 is 16.3. The van der Waals surface area contributed by atoms with E-state index in [0.29, 0.717) is 28.4 Å². The van der Waals surface area contributed by atoms with Gasteiger partial charge >= 0.3 is 12.1 Å². The van der Waals surface area contributed by atoms with Gasteiger partial charge in [0.25, 0.3) is 0 Å². The second-order valence-corrected chi connectivity index (χ2v) is 9.53. The molecule has 0 heterocycles. The second kappa shape index (κ2) is 14.6. The topological polar surface area (TPSA) is 73.9 Å². The minimum atomic E-state index is -0.610. The van der Waals surface area contributed by atoms with E-state index in [-0.39, 0.29) is 19.8 Å². The van der Waals surface area contributed by atoms with Crippen molar-refractivity contribution in [1.82, 2.24) is 5.32 Å². The van der Waals surface area contributed by atoms with E-state index >= 15 is 0 Å². The first-order chi connectivity index (χ1) is 16.3. The van der Waals surface area contributed by atoms with Gasteiger partial charge in [-0.3, -0.25) is 0 Å². The number of amides is 1. The molecule has 34 heavy (non-hydrogen) atoms. The molecule has 2 atom stereocenters. The maximum Gasteiger partial charge on any atom is 0.407 e. The van der Waals surface area contributed by atoms with E-state index in [4.69, 9.17) is 25.8 Å². The molecule has 0 aliphatic rings. The van der Waals surface area contributed by atoms with Gasteiger partial charge in [-0.15, -0.1) is 11.8 Å². The number of thioether (sulfide) groups is 1. The highest BCUT2D eigenvalue weighted by Gasteiger charge is 2.17. The van der Waals surface area contributed by atoms with E-state index in [9.17, 15) is 9.59 Å². The van der Waals surface area contributed by atoms with Crippen molar-refractivity contribution in [3.05, 3.63) is 71.8 Å². The van der Waals surface area contributed by atoms with Gasteiger partial charge < -0.3 is 19.5 Å². The van der Waals surface area contributed by atoms with E-state index in [1.165, 1.54) is 17.3 Å². The van der Waals surface area contributed by atoms with Crippen LogP contribution in [-0.2, 0) is 14.3 Å². The molecule has 6 nitrogen and oxygen atoms in total. The number of halogens is 1. The van der Waals surface area contributed by atoms with E-state index < -0.39 is 18.2 Å². The molecule has 0 saturated heterocycles. The zero-order chi connectivity index (χ0) is 24.9. The number of hydrogen-bond donors (Lipinski definition) is 1. The molecular formula is C26H32ClNO5S. The quantitative estimate of drug-likeness (QED) is 0.153. The number of hydrogen-bond acceptors (Lipinski definition) is 6. The molecular weight excluding hydrogens is 474 g/mol. The number of nitrogens with one attached hydrogen (secondary N) is 1. The van der Waals surface area contributed by atoms with Crippen molar-refractivity contribution >= 4 is 35.4 Å². The first kappa shape index (κ1) is 27.6. The standard InChI is InChI=1S/C26H32ClNO5S/c1-5-25(29)31-15-14-28-26(30)33-23(17-34-24-12-8-21(27)9-13-24)16-32-22-10-6-20(7-11-22)19(4)18(2)3/h5-13,18-19,23H,1,14-17H2,2-4H3,(H,28,30). The Morgan fingerprint density at radius 1 is 1.09 bits per heavy atom. The minimum absolute atomic E-state index is 0.0296. The number of alkyl carbamates (subject to hydrolysis) is 1. The summed E-state index contributed by atoms with van der Waals surface area (Å²) in [5.74, 6) is 1.66. The van der Waals surface area contributed by atoms with Crippen LogP contribution in [0.3, 0.4) is 0 Å². The van der Waals surface area contributed by atoms with Gasteiger partial charge in [0.05, 0.1) is 6.54 Å². The van der Waals surface area contributed by atoms with Crippen LogP contribution in [0.4, 0.5) is 4.79 Å². The number of benzene rings is 2. The molecule has 0 fully saturated rings.